The van der Waals surface area contributed by atoms with Gasteiger partial charge in [-0.05, 0) is 13.8 Å². The molecule has 15 heavy (non-hydrogen) atoms. The molecule has 1 aromatic heterocycles. The fraction of sp³-hybridized carbons (Fsp3) is 0.600. The van der Waals surface area contributed by atoms with Gasteiger partial charge in [-0.3, -0.25) is 9.78 Å². The van der Waals surface area contributed by atoms with E-state index in [4.69, 9.17) is 4.74 Å². The number of hydrogen-bond acceptors (Lipinski definition) is 4. The first kappa shape index (κ1) is 11.9. The zero-order valence-electron chi connectivity index (χ0n) is 8.96. The summed E-state index contributed by atoms with van der Waals surface area (Å²) < 4.78 is 6.64. The fourth-order valence-electron chi connectivity index (χ4n) is 1.11. The van der Waals surface area contributed by atoms with Crippen molar-refractivity contribution in [2.24, 2.45) is 0 Å². The SMILES string of the molecule is CC(C)OCC(O)Cn1ccncc1=O. The van der Waals surface area contributed by atoms with Gasteiger partial charge in [0.05, 0.1) is 31.6 Å². The van der Waals surface area contributed by atoms with Crippen molar-refractivity contribution in [3.63, 3.8) is 0 Å². The highest BCUT2D eigenvalue weighted by molar-refractivity contribution is 4.81. The molecule has 0 saturated heterocycles. The molecule has 1 rings (SSSR count). The van der Waals surface area contributed by atoms with Gasteiger partial charge < -0.3 is 14.4 Å². The second kappa shape index (κ2) is 5.63. The van der Waals surface area contributed by atoms with Crippen molar-refractivity contribution in [3.8, 4) is 0 Å². The molecule has 1 unspecified atom stereocenters. The lowest BCUT2D eigenvalue weighted by atomic mass is 10.3. The zero-order chi connectivity index (χ0) is 11.3. The lowest BCUT2D eigenvalue weighted by molar-refractivity contribution is -0.00109. The van der Waals surface area contributed by atoms with Crippen molar-refractivity contribution in [2.45, 2.75) is 32.6 Å². The van der Waals surface area contributed by atoms with E-state index < -0.39 is 6.10 Å². The summed E-state index contributed by atoms with van der Waals surface area (Å²) in [5.41, 5.74) is -0.221. The molecular weight excluding hydrogens is 196 g/mol. The molecule has 1 atom stereocenters. The number of aliphatic hydroxyl groups excluding tert-OH is 1. The molecule has 1 heterocycles. The second-order valence-corrected chi connectivity index (χ2v) is 3.60. The minimum atomic E-state index is -0.674. The summed E-state index contributed by atoms with van der Waals surface area (Å²) in [6.07, 6.45) is 3.68. The quantitative estimate of drug-likeness (QED) is 0.748. The third kappa shape index (κ3) is 4.22. The Morgan fingerprint density at radius 1 is 1.60 bits per heavy atom. The molecule has 5 nitrogen and oxygen atoms in total. The number of aromatic nitrogens is 2. The van der Waals surface area contributed by atoms with E-state index in [0.717, 1.165) is 0 Å². The van der Waals surface area contributed by atoms with E-state index >= 15 is 0 Å². The molecule has 0 spiro atoms. The van der Waals surface area contributed by atoms with Gasteiger partial charge in [0.25, 0.3) is 5.56 Å². The van der Waals surface area contributed by atoms with E-state index in [1.54, 1.807) is 6.20 Å². The van der Waals surface area contributed by atoms with Crippen LogP contribution in [-0.2, 0) is 11.3 Å². The van der Waals surface area contributed by atoms with Gasteiger partial charge in [0.1, 0.15) is 0 Å². The van der Waals surface area contributed by atoms with Gasteiger partial charge >= 0.3 is 0 Å². The van der Waals surface area contributed by atoms with Crippen LogP contribution in [0.15, 0.2) is 23.4 Å². The molecular formula is C10H16N2O3. The Morgan fingerprint density at radius 3 is 2.93 bits per heavy atom. The standard InChI is InChI=1S/C10H16N2O3/c1-8(2)15-7-9(13)6-12-4-3-11-5-10(12)14/h3-5,8-9,13H,6-7H2,1-2H3. The van der Waals surface area contributed by atoms with Crippen molar-refractivity contribution < 1.29 is 9.84 Å². The molecule has 1 aromatic rings. The van der Waals surface area contributed by atoms with Crippen LogP contribution in [0.5, 0.6) is 0 Å². The summed E-state index contributed by atoms with van der Waals surface area (Å²) in [5, 5.41) is 9.57. The largest absolute Gasteiger partial charge is 0.389 e. The smallest absolute Gasteiger partial charge is 0.269 e. The Balaban J connectivity index is 2.48. The highest BCUT2D eigenvalue weighted by Crippen LogP contribution is 1.94. The first-order chi connectivity index (χ1) is 7.09. The number of aliphatic hydroxyl groups is 1. The summed E-state index contributed by atoms with van der Waals surface area (Å²) in [5.74, 6) is 0. The molecule has 0 radical (unpaired) electrons. The van der Waals surface area contributed by atoms with Crippen LogP contribution >= 0.6 is 0 Å². The van der Waals surface area contributed by atoms with E-state index in [0.29, 0.717) is 0 Å². The van der Waals surface area contributed by atoms with Gasteiger partial charge in [0.15, 0.2) is 0 Å². The Hall–Kier alpha value is -1.20. The predicted molar refractivity (Wildman–Crippen MR) is 55.6 cm³/mol. The van der Waals surface area contributed by atoms with E-state index in [-0.39, 0.29) is 24.8 Å². The first-order valence-corrected chi connectivity index (χ1v) is 4.89. The van der Waals surface area contributed by atoms with Crippen LogP contribution in [0.1, 0.15) is 13.8 Å². The van der Waals surface area contributed by atoms with Crippen LogP contribution in [0.2, 0.25) is 0 Å². The van der Waals surface area contributed by atoms with Crippen molar-refractivity contribution in [2.75, 3.05) is 6.61 Å². The summed E-state index contributed by atoms with van der Waals surface area (Å²) >= 11 is 0. The Labute approximate surface area is 88.3 Å². The maximum atomic E-state index is 11.2. The molecule has 0 aromatic carbocycles. The van der Waals surface area contributed by atoms with Crippen molar-refractivity contribution >= 4 is 0 Å². The normalized spacial score (nSPS) is 13.1. The number of rotatable bonds is 5. The highest BCUT2D eigenvalue weighted by atomic mass is 16.5. The first-order valence-electron chi connectivity index (χ1n) is 4.89. The van der Waals surface area contributed by atoms with Crippen molar-refractivity contribution in [1.29, 1.82) is 0 Å². The van der Waals surface area contributed by atoms with Crippen LogP contribution < -0.4 is 5.56 Å². The van der Waals surface area contributed by atoms with Gasteiger partial charge in [-0.2, -0.15) is 0 Å². The second-order valence-electron chi connectivity index (χ2n) is 3.60. The van der Waals surface area contributed by atoms with Crippen LogP contribution in [0.3, 0.4) is 0 Å². The fourth-order valence-corrected chi connectivity index (χ4v) is 1.11. The summed E-state index contributed by atoms with van der Waals surface area (Å²) in [7, 11) is 0. The van der Waals surface area contributed by atoms with Crippen molar-refractivity contribution in [1.82, 2.24) is 9.55 Å². The molecule has 0 aliphatic carbocycles. The summed E-state index contributed by atoms with van der Waals surface area (Å²) in [6, 6.07) is 0. The average Bonchev–Trinajstić information content (AvgIpc) is 2.18. The maximum Gasteiger partial charge on any atom is 0.269 e. The van der Waals surface area contributed by atoms with Crippen LogP contribution in [0.25, 0.3) is 0 Å². The molecule has 5 heteroatoms. The number of nitrogens with zero attached hydrogens (tertiary/aromatic N) is 2. The molecule has 84 valence electrons. The van der Waals surface area contributed by atoms with Gasteiger partial charge in [0.2, 0.25) is 0 Å². The number of ether oxygens (including phenoxy) is 1. The Bertz CT molecular complexity index is 349. The van der Waals surface area contributed by atoms with Crippen LogP contribution in [0, 0.1) is 0 Å². The third-order valence-electron chi connectivity index (χ3n) is 1.83. The van der Waals surface area contributed by atoms with Crippen LogP contribution in [0.4, 0.5) is 0 Å². The van der Waals surface area contributed by atoms with E-state index in [1.807, 2.05) is 13.8 Å². The summed E-state index contributed by atoms with van der Waals surface area (Å²) in [4.78, 5) is 14.9. The van der Waals surface area contributed by atoms with Gasteiger partial charge in [-0.25, -0.2) is 0 Å². The highest BCUT2D eigenvalue weighted by Gasteiger charge is 2.07. The molecule has 0 aliphatic heterocycles. The minimum absolute atomic E-state index is 0.0776. The third-order valence-corrected chi connectivity index (χ3v) is 1.83. The number of hydrogen-bond donors (Lipinski definition) is 1. The van der Waals surface area contributed by atoms with Crippen molar-refractivity contribution in [3.05, 3.63) is 28.9 Å². The van der Waals surface area contributed by atoms with E-state index in [1.165, 1.54) is 17.0 Å². The van der Waals surface area contributed by atoms with Gasteiger partial charge in [-0.15, -0.1) is 0 Å². The Morgan fingerprint density at radius 2 is 2.33 bits per heavy atom. The maximum absolute atomic E-state index is 11.2. The lowest BCUT2D eigenvalue weighted by Gasteiger charge is -2.14. The molecule has 0 amide bonds. The summed E-state index contributed by atoms with van der Waals surface area (Å²) in [6.45, 7) is 4.25. The van der Waals surface area contributed by atoms with Gasteiger partial charge in [0, 0.05) is 12.4 Å². The zero-order valence-corrected chi connectivity index (χ0v) is 8.96. The van der Waals surface area contributed by atoms with E-state index in [9.17, 15) is 9.90 Å². The van der Waals surface area contributed by atoms with E-state index in [2.05, 4.69) is 4.98 Å². The molecule has 0 fully saturated rings. The molecule has 1 N–H and O–H groups in total. The Kier molecular flexibility index (Phi) is 4.45. The predicted octanol–water partition coefficient (Wildman–Crippen LogP) is 0.0292. The van der Waals surface area contributed by atoms with Crippen LogP contribution in [-0.4, -0.2) is 33.5 Å². The minimum Gasteiger partial charge on any atom is -0.389 e. The lowest BCUT2D eigenvalue weighted by Crippen LogP contribution is -2.29. The molecule has 0 aliphatic rings. The van der Waals surface area contributed by atoms with Gasteiger partial charge in [-0.1, -0.05) is 0 Å². The topological polar surface area (TPSA) is 64.3 Å². The monoisotopic (exact) mass is 212 g/mol. The molecule has 0 bridgehead atoms. The average molecular weight is 212 g/mol. The molecule has 0 saturated carbocycles.